The summed E-state index contributed by atoms with van der Waals surface area (Å²) in [4.78, 5) is 102. The van der Waals surface area contributed by atoms with Crippen molar-refractivity contribution in [2.75, 3.05) is 46.0 Å². The molecule has 1 heterocycles. The number of nitrogens with two attached hydrogens (primary N) is 3. The molecule has 51 heteroatoms. The number of phenolic OH excluding ortho intramolecular Hbond substituents is 1. The van der Waals surface area contributed by atoms with Crippen molar-refractivity contribution in [2.45, 2.75) is 220 Å². The Morgan fingerprint density at radius 3 is 1.25 bits per heavy atom. The van der Waals surface area contributed by atoms with Crippen LogP contribution in [0.1, 0.15) is 135 Å². The van der Waals surface area contributed by atoms with Gasteiger partial charge in [0.15, 0.2) is 59.6 Å². The molecule has 51 nitrogen and oxygen atoms in total. The van der Waals surface area contributed by atoms with Gasteiger partial charge >= 0.3 is 17.9 Å². The van der Waals surface area contributed by atoms with E-state index in [1.165, 1.54) is 17.0 Å². The lowest BCUT2D eigenvalue weighted by Gasteiger charge is -2.28. The smallest absolute Gasteiger partial charge is 0.329 e. The van der Waals surface area contributed by atoms with Crippen LogP contribution in [0.15, 0.2) is 89.2 Å². The number of rotatable bonds is 59. The van der Waals surface area contributed by atoms with E-state index in [4.69, 9.17) is 44.2 Å². The molecule has 1 amide bonds. The number of aliphatic imine (C=N–C) groups is 13. The van der Waals surface area contributed by atoms with Crippen LogP contribution in [-0.4, -0.2) is 388 Å². The zero-order chi connectivity index (χ0) is 92.2. The number of benzene rings is 1. The second kappa shape index (κ2) is 54.2. The van der Waals surface area contributed by atoms with E-state index < -0.39 is 312 Å². The van der Waals surface area contributed by atoms with E-state index >= 15 is 0 Å². The second-order valence-electron chi connectivity index (χ2n) is 27.9. The number of nitrogens with one attached hydrogen (secondary N) is 6. The number of carbonyl (C=O) groups is 4. The number of hydrogen-bond acceptors (Lipinski definition) is 28. The van der Waals surface area contributed by atoms with Crippen molar-refractivity contribution in [3.05, 3.63) is 29.8 Å². The number of aliphatic hydroxyl groups excluding tert-OH is 20. The molecule has 680 valence electrons. The molecule has 0 saturated carbocycles. The lowest BCUT2D eigenvalue weighted by molar-refractivity contribution is -0.139. The van der Waals surface area contributed by atoms with Crippen molar-refractivity contribution >= 4 is 130 Å². The van der Waals surface area contributed by atoms with E-state index in [9.17, 15) is 142 Å². The van der Waals surface area contributed by atoms with E-state index in [1.807, 2.05) is 0 Å². The second-order valence-corrected chi connectivity index (χ2v) is 27.9. The Hall–Kier alpha value is -13.0. The van der Waals surface area contributed by atoms with Gasteiger partial charge in [0.2, 0.25) is 76.7 Å². The SMILES string of the molecule is CC(C)CC(N=C(O)C(CO)N=C(O)CN=C(O)C(N)Cc1ccc(O)cc1)C(=O)N1CCCC1C(O)=NC(CCC(=N)O)C(O)=NC(CCCCN)C(O)=NC(CO)C(O)=NC(CCC(=N)O)C(O)=NC(CCCNC(=N)N)C(O)=NC(CO)C(O)=NC(CCC(=N)O)C(O)=NC(CC(=O)O)C(O)=NC(CCC(=O)O)C(O)=NC(CC(=N)O)C(=O)O. The molecule has 1 aromatic carbocycles. The highest BCUT2D eigenvalue weighted by molar-refractivity contribution is 5.97. The Balaban J connectivity index is 2.82. The van der Waals surface area contributed by atoms with Gasteiger partial charge < -0.3 is 150 Å². The average Bonchev–Trinajstić information content (AvgIpc) is 1.68. The maximum Gasteiger partial charge on any atom is 0.329 e. The van der Waals surface area contributed by atoms with Crippen molar-refractivity contribution in [1.82, 2.24) is 10.2 Å². The molecule has 1 fully saturated rings. The third-order valence-electron chi connectivity index (χ3n) is 17.4. The molecule has 1 saturated heterocycles. The lowest BCUT2D eigenvalue weighted by Crippen LogP contribution is -2.46. The molecule has 0 aliphatic carbocycles. The van der Waals surface area contributed by atoms with Crippen molar-refractivity contribution in [3.63, 3.8) is 0 Å². The van der Waals surface area contributed by atoms with E-state index in [0.29, 0.717) is 5.56 Å². The summed E-state index contributed by atoms with van der Waals surface area (Å²) in [6, 6.07) is -18.9. The Kier molecular flexibility index (Phi) is 46.7. The molecule has 1 aliphatic rings. The fourth-order valence-corrected chi connectivity index (χ4v) is 11.2. The number of carbonyl (C=O) groups excluding carboxylic acids is 1. The van der Waals surface area contributed by atoms with Crippen LogP contribution in [0, 0.1) is 33.0 Å². The van der Waals surface area contributed by atoms with Crippen LogP contribution in [0.25, 0.3) is 0 Å². The van der Waals surface area contributed by atoms with E-state index in [-0.39, 0.29) is 82.7 Å². The summed E-state index contributed by atoms with van der Waals surface area (Å²) >= 11 is 0. The monoisotopic (exact) mass is 1740 g/mol. The topological polar surface area (TPSA) is 927 Å². The fraction of sp³-hybridized carbons (Fsp3) is 0.606. The molecule has 1 aliphatic heterocycles. The summed E-state index contributed by atoms with van der Waals surface area (Å²) in [5.74, 6) is -24.9. The highest BCUT2D eigenvalue weighted by atomic mass is 16.4. The molecule has 122 heavy (non-hydrogen) atoms. The summed E-state index contributed by atoms with van der Waals surface area (Å²) in [6.07, 6.45) is -7.68. The van der Waals surface area contributed by atoms with E-state index in [1.54, 1.807) is 26.0 Å². The number of aliphatic hydroxyl groups is 20. The van der Waals surface area contributed by atoms with Gasteiger partial charge in [0.25, 0.3) is 0 Å². The fourth-order valence-electron chi connectivity index (χ4n) is 11.2. The molecule has 0 radical (unpaired) electrons. The summed E-state index contributed by atoms with van der Waals surface area (Å²) in [5, 5.41) is 296. The van der Waals surface area contributed by atoms with Crippen molar-refractivity contribution in [1.29, 1.82) is 27.0 Å². The Bertz CT molecular complexity index is 4090. The zero-order valence-electron chi connectivity index (χ0n) is 66.7. The number of unbranched alkanes of at least 4 members (excludes halogenated alkanes) is 1. The molecule has 0 aromatic heterocycles. The normalized spacial score (nSPS) is 18.2. The minimum atomic E-state index is -2.23. The van der Waals surface area contributed by atoms with Gasteiger partial charge in [-0.3, -0.25) is 41.4 Å². The Labute approximate surface area is 696 Å². The molecule has 1 aromatic rings. The van der Waals surface area contributed by atoms with Gasteiger partial charge in [-0.25, -0.2) is 69.7 Å². The molecular formula is C71H113N23O28. The number of aromatic hydroxyl groups is 1. The zero-order valence-corrected chi connectivity index (χ0v) is 66.7. The summed E-state index contributed by atoms with van der Waals surface area (Å²) in [5.41, 5.74) is 17.9. The standard InChI is InChI=1S/C71H113N23O28/c1-33(2)25-44(90-65(116)46(30-95)82-54(103)29-81-57(108)36(73)26-34-10-12-35(98)13-11-34)69(120)94-24-6-9-49(94)68(119)88-41(16-20-52(76)101)61(112)83-37(7-3-4-22-72)58(109)92-47(31-96)66(117)86-39(14-18-50(74)99)60(111)84-38(8-5-23-80-71(78)79)59(110)93-48(32-97)67(118)87-40(15-19-51(75)100)62(113)89-43(28-56(106)107)64(115)85-42(17-21-55(104)105)63(114)91-45(70(121)122)27-53(77)102/h10-13,33,36-49,95-98H,3-9,14-32,72-73H2,1-2H3,(H2,74,99)(H2,75,100)(H2,76,101)(H2,77,102)(H,81,108)(H,82,103)(H,83,112)(H,84,111)(H,85,115)(H,86,117)(H,87,118)(H,88,119)(H,89,113)(H,90,116)(H,91,114)(H,92,109)(H,93,110)(H,104,105)(H,106,107)(H,121,122)(H4,78,79,80). The van der Waals surface area contributed by atoms with Crippen molar-refractivity contribution < 1.29 is 142 Å². The van der Waals surface area contributed by atoms with Crippen molar-refractivity contribution in [2.24, 2.45) is 88.0 Å². The van der Waals surface area contributed by atoms with E-state index in [0.717, 1.165) is 0 Å². The number of carboxylic acid groups (broad SMARTS) is 3. The van der Waals surface area contributed by atoms with Gasteiger partial charge in [-0.05, 0) is 114 Å². The maximum absolute atomic E-state index is 14.5. The third-order valence-corrected chi connectivity index (χ3v) is 17.4. The first kappa shape index (κ1) is 105. The van der Waals surface area contributed by atoms with Crippen molar-refractivity contribution in [3.8, 4) is 5.75 Å². The van der Waals surface area contributed by atoms with Gasteiger partial charge in [-0.1, -0.05) is 26.0 Å². The van der Waals surface area contributed by atoms with Crippen LogP contribution in [0.4, 0.5) is 0 Å². The first-order valence-corrected chi connectivity index (χ1v) is 37.9. The first-order chi connectivity index (χ1) is 57.3. The van der Waals surface area contributed by atoms with Gasteiger partial charge in [-0.2, -0.15) is 0 Å². The summed E-state index contributed by atoms with van der Waals surface area (Å²) < 4.78 is 0. The van der Waals surface area contributed by atoms with Crippen LogP contribution < -0.4 is 22.5 Å². The average molecular weight is 1740 g/mol. The Morgan fingerprint density at radius 1 is 0.459 bits per heavy atom. The minimum Gasteiger partial charge on any atom is -0.508 e. The van der Waals surface area contributed by atoms with Crippen LogP contribution in [0.5, 0.6) is 5.75 Å². The molecular weight excluding hydrogens is 1620 g/mol. The molecule has 36 N–H and O–H groups in total. The van der Waals surface area contributed by atoms with Crippen LogP contribution in [-0.2, 0) is 25.6 Å². The van der Waals surface area contributed by atoms with Gasteiger partial charge in [0.05, 0.1) is 38.7 Å². The molecule has 0 bridgehead atoms. The summed E-state index contributed by atoms with van der Waals surface area (Å²) in [6.45, 7) is -0.777. The summed E-state index contributed by atoms with van der Waals surface area (Å²) in [7, 11) is 0. The quantitative estimate of drug-likeness (QED) is 0.0251. The molecule has 0 spiro atoms. The van der Waals surface area contributed by atoms with Crippen LogP contribution >= 0.6 is 0 Å². The number of aliphatic carboxylic acids is 3. The highest BCUT2D eigenvalue weighted by Crippen LogP contribution is 2.25. The van der Waals surface area contributed by atoms with Crippen LogP contribution in [0.2, 0.25) is 0 Å². The van der Waals surface area contributed by atoms with Gasteiger partial charge in [0.1, 0.15) is 66.7 Å². The predicted octanol–water partition coefficient (Wildman–Crippen LogP) is 1.82. The van der Waals surface area contributed by atoms with Gasteiger partial charge in [0, 0.05) is 38.8 Å². The lowest BCUT2D eigenvalue weighted by atomic mass is 10.0. The number of guanidine groups is 1. The molecule has 14 unspecified atom stereocenters. The number of nitrogens with zero attached hydrogens (tertiary/aromatic N) is 14. The number of likely N-dealkylation sites (tertiary alicyclic amines) is 1. The number of phenols is 1. The molecule has 2 rings (SSSR count). The minimum absolute atomic E-state index is 0.00374. The maximum atomic E-state index is 14.5. The van der Waals surface area contributed by atoms with Gasteiger partial charge in [-0.15, -0.1) is 0 Å². The Morgan fingerprint density at radius 2 is 0.844 bits per heavy atom. The first-order valence-electron chi connectivity index (χ1n) is 37.9. The predicted molar refractivity (Wildman–Crippen MR) is 449 cm³/mol. The highest BCUT2D eigenvalue weighted by Gasteiger charge is 2.39. The van der Waals surface area contributed by atoms with Crippen LogP contribution in [0.3, 0.4) is 0 Å². The third kappa shape index (κ3) is 39.7. The number of hydrogen-bond donors (Lipinski definition) is 33. The number of carboxylic acids is 3. The number of amides is 1. The largest absolute Gasteiger partial charge is 0.508 e. The van der Waals surface area contributed by atoms with E-state index in [2.05, 4.69) is 70.2 Å². The molecule has 14 atom stereocenters.